The lowest BCUT2D eigenvalue weighted by Gasteiger charge is -2.18. The van der Waals surface area contributed by atoms with Crippen molar-refractivity contribution in [1.29, 1.82) is 0 Å². The van der Waals surface area contributed by atoms with Gasteiger partial charge in [0.1, 0.15) is 0 Å². The van der Waals surface area contributed by atoms with Crippen molar-refractivity contribution in [1.82, 2.24) is 0 Å². The molecule has 0 radical (unpaired) electrons. The molecule has 0 N–H and O–H groups in total. The minimum atomic E-state index is 1.11. The summed E-state index contributed by atoms with van der Waals surface area (Å²) in [6.07, 6.45) is 7.02. The first-order chi connectivity index (χ1) is 24.3. The molecule has 1 aromatic heterocycles. The largest absolute Gasteiger partial charge is 0.135 e. The van der Waals surface area contributed by atoms with Crippen LogP contribution in [-0.2, 0) is 12.8 Å². The highest BCUT2D eigenvalue weighted by molar-refractivity contribution is 7.26. The second-order valence-electron chi connectivity index (χ2n) is 13.6. The Labute approximate surface area is 292 Å². The first-order valence-corrected chi connectivity index (χ1v) is 18.9. The van der Waals surface area contributed by atoms with Crippen LogP contribution in [-0.4, -0.2) is 0 Å². The predicted molar refractivity (Wildman–Crippen MR) is 217 cm³/mol. The van der Waals surface area contributed by atoms with Crippen molar-refractivity contribution < 1.29 is 0 Å². The van der Waals surface area contributed by atoms with E-state index in [9.17, 15) is 0 Å². The number of fused-ring (bicyclic) bond motifs is 7. The molecule has 0 aliphatic carbocycles. The van der Waals surface area contributed by atoms with E-state index in [1.54, 1.807) is 0 Å². The Bertz CT molecular complexity index is 2570. The molecule has 0 fully saturated rings. The van der Waals surface area contributed by atoms with Crippen molar-refractivity contribution in [2.45, 2.75) is 52.4 Å². The fourth-order valence-corrected chi connectivity index (χ4v) is 9.64. The lowest BCUT2D eigenvalue weighted by Crippen LogP contribution is -1.94. The third kappa shape index (κ3) is 4.86. The second kappa shape index (κ2) is 12.5. The van der Waals surface area contributed by atoms with Crippen LogP contribution in [0.4, 0.5) is 0 Å². The Balaban J connectivity index is 1.30. The van der Waals surface area contributed by atoms with E-state index in [-0.39, 0.29) is 0 Å². The lowest BCUT2D eigenvalue weighted by molar-refractivity contribution is 0.802. The number of thiophene rings is 1. The van der Waals surface area contributed by atoms with Crippen LogP contribution in [0.1, 0.15) is 50.7 Å². The van der Waals surface area contributed by atoms with Gasteiger partial charge in [0.05, 0.1) is 0 Å². The molecule has 0 amide bonds. The van der Waals surface area contributed by atoms with Crippen LogP contribution < -0.4 is 0 Å². The standard InChI is InChI=1S/C48H40S/c1-3-5-16-32-34-18-7-11-22-38(34)46(39-23-12-8-19-35(32)39)31-28-29-45-44(30-31)42-26-15-27-43(48(42)49-45)47-40-24-13-9-20-36(40)33(17-6-4-2)37-21-10-14-25-41(37)47/h7-15,18-30H,3-6,16-17H2,1-2H3. The van der Waals surface area contributed by atoms with E-state index in [0.29, 0.717) is 0 Å². The maximum Gasteiger partial charge on any atom is 0.0434 e. The third-order valence-corrected chi connectivity index (χ3v) is 11.9. The minimum Gasteiger partial charge on any atom is -0.135 e. The van der Waals surface area contributed by atoms with Crippen molar-refractivity contribution in [3.8, 4) is 22.3 Å². The highest BCUT2D eigenvalue weighted by Gasteiger charge is 2.20. The molecule has 238 valence electrons. The van der Waals surface area contributed by atoms with E-state index in [4.69, 9.17) is 0 Å². The Morgan fingerprint density at radius 3 is 1.35 bits per heavy atom. The van der Waals surface area contributed by atoms with Gasteiger partial charge in [0, 0.05) is 25.7 Å². The minimum absolute atomic E-state index is 1.11. The zero-order chi connectivity index (χ0) is 32.9. The zero-order valence-corrected chi connectivity index (χ0v) is 29.2. The zero-order valence-electron chi connectivity index (χ0n) is 28.4. The molecule has 49 heavy (non-hydrogen) atoms. The summed E-state index contributed by atoms with van der Waals surface area (Å²) < 4.78 is 2.71. The van der Waals surface area contributed by atoms with Crippen LogP contribution in [0.15, 0.2) is 133 Å². The van der Waals surface area contributed by atoms with Crippen molar-refractivity contribution in [3.05, 3.63) is 145 Å². The molecule has 1 heterocycles. The van der Waals surface area contributed by atoms with Gasteiger partial charge in [0.15, 0.2) is 0 Å². The summed E-state index contributed by atoms with van der Waals surface area (Å²) in [6.45, 7) is 4.58. The summed E-state index contributed by atoms with van der Waals surface area (Å²) in [5.41, 5.74) is 8.33. The van der Waals surface area contributed by atoms with Crippen LogP contribution in [0.2, 0.25) is 0 Å². The van der Waals surface area contributed by atoms with Gasteiger partial charge in [-0.1, -0.05) is 148 Å². The van der Waals surface area contributed by atoms with Gasteiger partial charge in [-0.15, -0.1) is 11.3 Å². The summed E-state index contributed by atoms with van der Waals surface area (Å²) in [5, 5.41) is 13.7. The molecule has 0 saturated heterocycles. The molecular weight excluding hydrogens is 609 g/mol. The topological polar surface area (TPSA) is 0 Å². The van der Waals surface area contributed by atoms with Crippen LogP contribution in [0.25, 0.3) is 85.5 Å². The normalized spacial score (nSPS) is 12.0. The summed E-state index contributed by atoms with van der Waals surface area (Å²) in [4.78, 5) is 0. The molecule has 0 aliphatic heterocycles. The highest BCUT2D eigenvalue weighted by Crippen LogP contribution is 2.47. The van der Waals surface area contributed by atoms with Crippen LogP contribution in [0.3, 0.4) is 0 Å². The third-order valence-electron chi connectivity index (χ3n) is 10.7. The molecule has 0 nitrogen and oxygen atoms in total. The maximum absolute atomic E-state index is 2.47. The fraction of sp³-hybridized carbons (Fsp3) is 0.167. The van der Waals surface area contributed by atoms with E-state index in [1.807, 2.05) is 11.3 Å². The van der Waals surface area contributed by atoms with E-state index in [1.165, 1.54) is 122 Å². The van der Waals surface area contributed by atoms with Crippen molar-refractivity contribution in [3.63, 3.8) is 0 Å². The molecule has 0 unspecified atom stereocenters. The molecule has 0 aliphatic rings. The number of unbranched alkanes of at least 4 members (excludes halogenated alkanes) is 2. The Morgan fingerprint density at radius 1 is 0.408 bits per heavy atom. The Kier molecular flexibility index (Phi) is 7.67. The molecular formula is C48H40S. The lowest BCUT2D eigenvalue weighted by atomic mass is 9.86. The maximum atomic E-state index is 2.47. The van der Waals surface area contributed by atoms with Crippen LogP contribution in [0, 0.1) is 0 Å². The molecule has 0 atom stereocenters. The van der Waals surface area contributed by atoms with E-state index in [0.717, 1.165) is 12.8 Å². The monoisotopic (exact) mass is 648 g/mol. The van der Waals surface area contributed by atoms with E-state index in [2.05, 4.69) is 147 Å². The van der Waals surface area contributed by atoms with Crippen LogP contribution in [0.5, 0.6) is 0 Å². The van der Waals surface area contributed by atoms with Crippen molar-refractivity contribution in [2.24, 2.45) is 0 Å². The summed E-state index contributed by atoms with van der Waals surface area (Å²) in [7, 11) is 0. The summed E-state index contributed by atoms with van der Waals surface area (Å²) in [5.74, 6) is 0. The average molecular weight is 649 g/mol. The highest BCUT2D eigenvalue weighted by atomic mass is 32.1. The van der Waals surface area contributed by atoms with Gasteiger partial charge in [-0.25, -0.2) is 0 Å². The molecule has 9 aromatic rings. The number of benzene rings is 8. The predicted octanol–water partition coefficient (Wildman–Crippen LogP) is 14.7. The summed E-state index contributed by atoms with van der Waals surface area (Å²) in [6, 6.07) is 50.6. The average Bonchev–Trinajstić information content (AvgIpc) is 3.53. The smallest absolute Gasteiger partial charge is 0.0434 e. The van der Waals surface area contributed by atoms with Crippen LogP contribution >= 0.6 is 11.3 Å². The Morgan fingerprint density at radius 2 is 0.857 bits per heavy atom. The number of rotatable bonds is 8. The molecule has 0 spiro atoms. The van der Waals surface area contributed by atoms with Gasteiger partial charge in [-0.05, 0) is 109 Å². The summed E-state index contributed by atoms with van der Waals surface area (Å²) >= 11 is 1.94. The van der Waals surface area contributed by atoms with Gasteiger partial charge in [0.2, 0.25) is 0 Å². The number of aryl methyl sites for hydroxylation is 2. The number of hydrogen-bond acceptors (Lipinski definition) is 1. The molecule has 0 bridgehead atoms. The van der Waals surface area contributed by atoms with Crippen molar-refractivity contribution >= 4 is 74.6 Å². The van der Waals surface area contributed by atoms with Gasteiger partial charge in [-0.2, -0.15) is 0 Å². The SMILES string of the molecule is CCCCc1c2ccccc2c(-c2ccc3sc4c(-c5c6ccccc6c(CCCC)c6ccccc56)cccc4c3c2)c2ccccc12. The first-order valence-electron chi connectivity index (χ1n) is 18.1. The first kappa shape index (κ1) is 30.1. The van der Waals surface area contributed by atoms with Gasteiger partial charge in [-0.3, -0.25) is 0 Å². The van der Waals surface area contributed by atoms with Crippen molar-refractivity contribution in [2.75, 3.05) is 0 Å². The second-order valence-corrected chi connectivity index (χ2v) is 14.6. The van der Waals surface area contributed by atoms with E-state index < -0.39 is 0 Å². The molecule has 8 aromatic carbocycles. The number of hydrogen-bond donors (Lipinski definition) is 0. The molecule has 1 heteroatoms. The quantitative estimate of drug-likeness (QED) is 0.144. The molecule has 0 saturated carbocycles. The van der Waals surface area contributed by atoms with Gasteiger partial charge >= 0.3 is 0 Å². The molecule has 9 rings (SSSR count). The fourth-order valence-electron chi connectivity index (χ4n) is 8.44. The van der Waals surface area contributed by atoms with Gasteiger partial charge in [0.25, 0.3) is 0 Å². The Hall–Kier alpha value is -4.98. The van der Waals surface area contributed by atoms with Gasteiger partial charge < -0.3 is 0 Å². The van der Waals surface area contributed by atoms with E-state index >= 15 is 0 Å².